The number of carbonyl (C=O) groups excluding carboxylic acids is 1. The zero-order valence-corrected chi connectivity index (χ0v) is 14.8. The molecule has 6 nitrogen and oxygen atoms in total. The van der Waals surface area contributed by atoms with Crippen LogP contribution in [0.3, 0.4) is 0 Å². The van der Waals surface area contributed by atoms with Gasteiger partial charge in [0.15, 0.2) is 5.13 Å². The van der Waals surface area contributed by atoms with Gasteiger partial charge in [-0.05, 0) is 45.1 Å². The Kier molecular flexibility index (Phi) is 5.06. The Morgan fingerprint density at radius 1 is 1.43 bits per heavy atom. The molecule has 1 fully saturated rings. The van der Waals surface area contributed by atoms with E-state index in [2.05, 4.69) is 27.4 Å². The number of hydrogen-bond acceptors (Lipinski definition) is 5. The molecule has 1 aliphatic heterocycles. The minimum absolute atomic E-state index is 0.0539. The number of rotatable bonds is 4. The van der Waals surface area contributed by atoms with Crippen molar-refractivity contribution < 1.29 is 4.79 Å². The second kappa shape index (κ2) is 7.05. The minimum atomic E-state index is -0.0539. The van der Waals surface area contributed by atoms with Crippen LogP contribution in [0, 0.1) is 5.92 Å². The molecule has 3 unspecified atom stereocenters. The summed E-state index contributed by atoms with van der Waals surface area (Å²) in [5.41, 5.74) is 7.08. The zero-order valence-electron chi connectivity index (χ0n) is 14.0. The second-order valence-electron chi connectivity index (χ2n) is 6.59. The molecule has 0 saturated carbocycles. The van der Waals surface area contributed by atoms with Crippen LogP contribution in [0.25, 0.3) is 0 Å². The van der Waals surface area contributed by atoms with E-state index in [4.69, 9.17) is 5.73 Å². The van der Waals surface area contributed by atoms with Gasteiger partial charge in [0.05, 0.1) is 5.69 Å². The summed E-state index contributed by atoms with van der Waals surface area (Å²) in [6.07, 6.45) is 4.21. The molecule has 4 N–H and O–H groups in total. The quantitative estimate of drug-likeness (QED) is 0.779. The third-order valence-electron chi connectivity index (χ3n) is 4.88. The number of thiazole rings is 1. The number of carbonyl (C=O) groups is 1. The van der Waals surface area contributed by atoms with Gasteiger partial charge in [-0.1, -0.05) is 6.92 Å². The molecule has 7 heteroatoms. The Balaban J connectivity index is 1.73. The first-order chi connectivity index (χ1) is 11.1. The van der Waals surface area contributed by atoms with E-state index in [1.165, 1.54) is 10.6 Å². The van der Waals surface area contributed by atoms with Crippen LogP contribution in [0.15, 0.2) is 0 Å². The lowest BCUT2D eigenvalue weighted by molar-refractivity contribution is 0.0656. The highest BCUT2D eigenvalue weighted by molar-refractivity contribution is 7.15. The van der Waals surface area contributed by atoms with Crippen molar-refractivity contribution in [2.24, 2.45) is 5.92 Å². The van der Waals surface area contributed by atoms with E-state index in [1.807, 2.05) is 6.92 Å². The first kappa shape index (κ1) is 16.5. The molecule has 0 aromatic carbocycles. The number of nitrogens with one attached hydrogen (secondary N) is 2. The van der Waals surface area contributed by atoms with E-state index in [0.29, 0.717) is 23.6 Å². The summed E-state index contributed by atoms with van der Waals surface area (Å²) in [6, 6.07) is 0.725. The van der Waals surface area contributed by atoms with E-state index < -0.39 is 0 Å². The van der Waals surface area contributed by atoms with Crippen molar-refractivity contribution in [3.05, 3.63) is 10.6 Å². The van der Waals surface area contributed by atoms with Crippen LogP contribution in [0.1, 0.15) is 37.3 Å². The predicted molar refractivity (Wildman–Crippen MR) is 93.7 cm³/mol. The lowest BCUT2D eigenvalue weighted by Crippen LogP contribution is -2.58. The van der Waals surface area contributed by atoms with Gasteiger partial charge in [-0.2, -0.15) is 0 Å². The number of anilines is 1. The molecular formula is C16H27N5OS. The van der Waals surface area contributed by atoms with Crippen molar-refractivity contribution in [1.82, 2.24) is 20.5 Å². The number of piperidine rings is 1. The van der Waals surface area contributed by atoms with E-state index >= 15 is 0 Å². The Morgan fingerprint density at radius 2 is 2.26 bits per heavy atom. The molecule has 0 radical (unpaired) electrons. The van der Waals surface area contributed by atoms with Crippen LogP contribution in [0.2, 0.25) is 0 Å². The first-order valence-electron chi connectivity index (χ1n) is 8.63. The van der Waals surface area contributed by atoms with Crippen LogP contribution in [-0.4, -0.2) is 47.6 Å². The van der Waals surface area contributed by atoms with E-state index in [0.717, 1.165) is 38.8 Å². The lowest BCUT2D eigenvalue weighted by atomic mass is 9.77. The molecule has 2 aliphatic rings. The largest absolute Gasteiger partial charge is 0.375 e. The number of nitrogens with zero attached hydrogens (tertiary/aromatic N) is 2. The van der Waals surface area contributed by atoms with Crippen molar-refractivity contribution in [3.8, 4) is 0 Å². The number of nitrogens with two attached hydrogens (primary N) is 1. The summed E-state index contributed by atoms with van der Waals surface area (Å²) in [5, 5.41) is 6.66. The van der Waals surface area contributed by atoms with Crippen LogP contribution in [-0.2, 0) is 12.8 Å². The molecule has 1 aromatic rings. The van der Waals surface area contributed by atoms with Crippen LogP contribution in [0.5, 0.6) is 0 Å². The Morgan fingerprint density at radius 3 is 3.00 bits per heavy atom. The zero-order chi connectivity index (χ0) is 16.4. The lowest BCUT2D eigenvalue weighted by Gasteiger charge is -2.46. The second-order valence-corrected chi connectivity index (χ2v) is 7.70. The van der Waals surface area contributed by atoms with Gasteiger partial charge >= 0.3 is 6.03 Å². The van der Waals surface area contributed by atoms with Crippen LogP contribution in [0.4, 0.5) is 9.93 Å². The Labute approximate surface area is 141 Å². The molecule has 2 heterocycles. The molecule has 3 rings (SSSR count). The average molecular weight is 337 g/mol. The van der Waals surface area contributed by atoms with Crippen molar-refractivity contribution in [2.75, 3.05) is 25.4 Å². The number of urea groups is 1. The summed E-state index contributed by atoms with van der Waals surface area (Å²) >= 11 is 1.64. The van der Waals surface area contributed by atoms with Gasteiger partial charge in [0.25, 0.3) is 0 Å². The molecule has 1 aromatic heterocycles. The molecule has 1 saturated heterocycles. The third-order valence-corrected chi connectivity index (χ3v) is 5.83. The summed E-state index contributed by atoms with van der Waals surface area (Å²) in [7, 11) is 0. The molecule has 0 spiro atoms. The number of aromatic nitrogens is 1. The van der Waals surface area contributed by atoms with Gasteiger partial charge in [-0.15, -0.1) is 11.3 Å². The first-order valence-corrected chi connectivity index (χ1v) is 9.44. The Hall–Kier alpha value is -1.34. The fraction of sp³-hybridized carbons (Fsp3) is 0.750. The van der Waals surface area contributed by atoms with Crippen molar-refractivity contribution in [3.63, 3.8) is 0 Å². The molecular weight excluding hydrogens is 310 g/mol. The van der Waals surface area contributed by atoms with Gasteiger partial charge in [0.1, 0.15) is 0 Å². The van der Waals surface area contributed by atoms with E-state index in [-0.39, 0.29) is 12.1 Å². The van der Waals surface area contributed by atoms with Gasteiger partial charge in [-0.25, -0.2) is 9.78 Å². The van der Waals surface area contributed by atoms with Crippen molar-refractivity contribution >= 4 is 22.5 Å². The van der Waals surface area contributed by atoms with Crippen LogP contribution >= 0.6 is 11.3 Å². The highest BCUT2D eigenvalue weighted by Crippen LogP contribution is 2.37. The minimum Gasteiger partial charge on any atom is -0.375 e. The fourth-order valence-electron chi connectivity index (χ4n) is 4.04. The maximum absolute atomic E-state index is 11.9. The molecule has 1 aliphatic carbocycles. The summed E-state index contributed by atoms with van der Waals surface area (Å²) in [6.45, 7) is 6.84. The maximum atomic E-state index is 11.9. The molecule has 23 heavy (non-hydrogen) atoms. The van der Waals surface area contributed by atoms with Gasteiger partial charge < -0.3 is 16.4 Å². The SMILES string of the molecule is CCCN1CC(NC(=O)NCC)CC2Cc3nc(N)sc3CC21. The highest BCUT2D eigenvalue weighted by atomic mass is 32.1. The van der Waals surface area contributed by atoms with E-state index in [1.54, 1.807) is 11.3 Å². The molecule has 3 atom stereocenters. The summed E-state index contributed by atoms with van der Waals surface area (Å²) in [5.74, 6) is 0.552. The molecule has 128 valence electrons. The normalized spacial score (nSPS) is 27.1. The van der Waals surface area contributed by atoms with Gasteiger partial charge in [-0.3, -0.25) is 4.90 Å². The number of likely N-dealkylation sites (tertiary alicyclic amines) is 1. The molecule has 0 bridgehead atoms. The summed E-state index contributed by atoms with van der Waals surface area (Å²) < 4.78 is 0. The third kappa shape index (κ3) is 3.61. The smallest absolute Gasteiger partial charge is 0.315 e. The monoisotopic (exact) mass is 337 g/mol. The van der Waals surface area contributed by atoms with Gasteiger partial charge in [0, 0.05) is 30.1 Å². The number of hydrogen-bond donors (Lipinski definition) is 3. The predicted octanol–water partition coefficient (Wildman–Crippen LogP) is 1.61. The average Bonchev–Trinajstić information content (AvgIpc) is 2.84. The van der Waals surface area contributed by atoms with Crippen LogP contribution < -0.4 is 16.4 Å². The molecule has 2 amide bonds. The van der Waals surface area contributed by atoms with Crippen molar-refractivity contribution in [1.29, 1.82) is 0 Å². The number of nitrogen functional groups attached to an aromatic ring is 1. The van der Waals surface area contributed by atoms with Gasteiger partial charge in [0.2, 0.25) is 0 Å². The summed E-state index contributed by atoms with van der Waals surface area (Å²) in [4.78, 5) is 20.3. The van der Waals surface area contributed by atoms with E-state index in [9.17, 15) is 4.79 Å². The highest BCUT2D eigenvalue weighted by Gasteiger charge is 2.40. The maximum Gasteiger partial charge on any atom is 0.315 e. The Bertz CT molecular complexity index is 561. The topological polar surface area (TPSA) is 83.3 Å². The fourth-order valence-corrected chi connectivity index (χ4v) is 4.94. The standard InChI is InChI=1S/C16H27N5OS/c1-3-5-21-9-11(19-16(22)18-4-2)6-10-7-12-14(8-13(10)21)23-15(17)20-12/h10-11,13H,3-9H2,1-2H3,(H2,17,20)(H2,18,19,22). The number of fused-ring (bicyclic) bond motifs is 2. The van der Waals surface area contributed by atoms with Crippen molar-refractivity contribution in [2.45, 2.75) is 51.6 Å². The number of amides is 2.